The molecule has 0 saturated carbocycles. The summed E-state index contributed by atoms with van der Waals surface area (Å²) in [7, 11) is 0. The van der Waals surface area contributed by atoms with Crippen LogP contribution in [0.1, 0.15) is 44.9 Å². The second-order valence-electron chi connectivity index (χ2n) is 8.52. The number of nitrogens with zero attached hydrogens (tertiary/aromatic N) is 2. The zero-order valence-corrected chi connectivity index (χ0v) is 18.5. The van der Waals surface area contributed by atoms with E-state index in [1.165, 1.54) is 18.4 Å². The summed E-state index contributed by atoms with van der Waals surface area (Å²) in [5, 5.41) is 12.8. The van der Waals surface area contributed by atoms with Crippen molar-refractivity contribution < 1.29 is 22.8 Å². The van der Waals surface area contributed by atoms with Gasteiger partial charge < -0.3 is 14.9 Å². The van der Waals surface area contributed by atoms with Crippen molar-refractivity contribution in [2.24, 2.45) is 5.92 Å². The number of fused-ring (bicyclic) bond motifs is 3. The minimum absolute atomic E-state index is 0.177. The van der Waals surface area contributed by atoms with Gasteiger partial charge in [0.05, 0.1) is 17.1 Å². The van der Waals surface area contributed by atoms with E-state index >= 15 is 0 Å². The van der Waals surface area contributed by atoms with Crippen LogP contribution in [0, 0.1) is 17.2 Å². The van der Waals surface area contributed by atoms with Crippen LogP contribution in [0.4, 0.5) is 13.2 Å². The summed E-state index contributed by atoms with van der Waals surface area (Å²) in [6.07, 6.45) is -5.09. The molecular weight excluding hydrogens is 437 g/mol. The number of aromatic amines is 1. The molecule has 0 radical (unpaired) electrons. The third-order valence-electron chi connectivity index (χ3n) is 5.50. The number of pyridine rings is 1. The Balaban J connectivity index is 2.08. The summed E-state index contributed by atoms with van der Waals surface area (Å²) in [6, 6.07) is 7.11. The van der Waals surface area contributed by atoms with Crippen LogP contribution in [0.5, 0.6) is 0 Å². The Morgan fingerprint density at radius 2 is 1.82 bits per heavy atom. The summed E-state index contributed by atoms with van der Waals surface area (Å²) in [5.41, 5.74) is 0.962. The number of nitriles is 1. The van der Waals surface area contributed by atoms with Crippen molar-refractivity contribution in [3.05, 3.63) is 45.9 Å². The van der Waals surface area contributed by atoms with Crippen LogP contribution in [0.3, 0.4) is 0 Å². The second-order valence-corrected chi connectivity index (χ2v) is 8.52. The minimum atomic E-state index is -5.09. The molecule has 1 aromatic carbocycles. The number of aromatic nitrogens is 2. The van der Waals surface area contributed by atoms with E-state index < -0.39 is 41.9 Å². The molecule has 0 fully saturated rings. The molecule has 33 heavy (non-hydrogen) atoms. The number of halogens is 3. The zero-order valence-electron chi connectivity index (χ0n) is 18.5. The fraction of sp³-hybridized carbons (Fsp3) is 0.391. The van der Waals surface area contributed by atoms with Crippen molar-refractivity contribution in [2.75, 3.05) is 0 Å². The van der Waals surface area contributed by atoms with Crippen LogP contribution in [-0.4, -0.2) is 33.5 Å². The van der Waals surface area contributed by atoms with Gasteiger partial charge in [0.25, 0.3) is 11.3 Å². The Labute approximate surface area is 187 Å². The summed E-state index contributed by atoms with van der Waals surface area (Å²) < 4.78 is 40.0. The first-order valence-corrected chi connectivity index (χ1v) is 10.4. The molecule has 7 nitrogen and oxygen atoms in total. The van der Waals surface area contributed by atoms with Crippen LogP contribution in [0.2, 0.25) is 0 Å². The number of benzene rings is 1. The number of carbonyl (C=O) groups excluding carboxylic acids is 2. The number of hydrogen-bond acceptors (Lipinski definition) is 4. The van der Waals surface area contributed by atoms with Gasteiger partial charge in [-0.25, -0.2) is 0 Å². The quantitative estimate of drug-likeness (QED) is 0.584. The average molecular weight is 460 g/mol. The lowest BCUT2D eigenvalue weighted by Gasteiger charge is -2.23. The monoisotopic (exact) mass is 460 g/mol. The Morgan fingerprint density at radius 1 is 1.15 bits per heavy atom. The lowest BCUT2D eigenvalue weighted by Crippen LogP contribution is -2.51. The third-order valence-corrected chi connectivity index (χ3v) is 5.50. The smallest absolute Gasteiger partial charge is 0.349 e. The van der Waals surface area contributed by atoms with Crippen molar-refractivity contribution in [1.29, 1.82) is 5.26 Å². The topological polar surface area (TPSA) is 108 Å². The van der Waals surface area contributed by atoms with Crippen molar-refractivity contribution in [2.45, 2.75) is 52.4 Å². The average Bonchev–Trinajstić information content (AvgIpc) is 3.11. The first-order valence-electron chi connectivity index (χ1n) is 10.4. The number of ketones is 1. The van der Waals surface area contributed by atoms with Gasteiger partial charge in [0.1, 0.15) is 18.1 Å². The minimum Gasteiger partial charge on any atom is -0.349 e. The van der Waals surface area contributed by atoms with Crippen molar-refractivity contribution in [3.63, 3.8) is 0 Å². The van der Waals surface area contributed by atoms with Gasteiger partial charge in [0, 0.05) is 16.5 Å². The van der Waals surface area contributed by atoms with Crippen molar-refractivity contribution in [1.82, 2.24) is 14.9 Å². The van der Waals surface area contributed by atoms with Crippen LogP contribution < -0.4 is 10.9 Å². The molecule has 3 rings (SSSR count). The molecule has 3 aromatic rings. The molecule has 1 unspecified atom stereocenters. The second kappa shape index (κ2) is 8.73. The van der Waals surface area contributed by atoms with Gasteiger partial charge in [-0.2, -0.15) is 18.4 Å². The van der Waals surface area contributed by atoms with Gasteiger partial charge >= 0.3 is 6.18 Å². The van der Waals surface area contributed by atoms with E-state index in [2.05, 4.69) is 16.4 Å². The number of alkyl halides is 3. The first-order chi connectivity index (χ1) is 15.4. The molecule has 2 aromatic heterocycles. The van der Waals surface area contributed by atoms with Gasteiger partial charge in [0.2, 0.25) is 5.91 Å². The molecule has 0 saturated heterocycles. The Kier molecular flexibility index (Phi) is 6.36. The van der Waals surface area contributed by atoms with Gasteiger partial charge in [-0.05, 0) is 24.0 Å². The standard InChI is InChI=1S/C23H23F3N4O3/c1-11(2)16-8-15-14-7-5-6-13(9-27)19(14)29-20(15)22(33)30(16)10-17(31)28-18(12(3)4)21(32)23(24,25)26/h5-8,11-12,18,29H,10H2,1-4H3,(H,28,31). The van der Waals surface area contributed by atoms with Gasteiger partial charge in [0.15, 0.2) is 0 Å². The maximum absolute atomic E-state index is 13.3. The number of carbonyl (C=O) groups is 2. The number of para-hydroxylation sites is 1. The predicted octanol–water partition coefficient (Wildman–Crippen LogP) is 3.75. The van der Waals surface area contributed by atoms with E-state index in [9.17, 15) is 32.8 Å². The molecule has 174 valence electrons. The van der Waals surface area contributed by atoms with Crippen LogP contribution in [0.15, 0.2) is 29.1 Å². The summed E-state index contributed by atoms with van der Waals surface area (Å²) in [5.74, 6) is -3.93. The molecule has 0 aliphatic heterocycles. The number of hydrogen-bond donors (Lipinski definition) is 2. The van der Waals surface area contributed by atoms with Crippen LogP contribution in [0.25, 0.3) is 21.8 Å². The van der Waals surface area contributed by atoms with E-state index in [1.54, 1.807) is 24.3 Å². The highest BCUT2D eigenvalue weighted by atomic mass is 19.4. The van der Waals surface area contributed by atoms with E-state index in [0.29, 0.717) is 27.5 Å². The highest BCUT2D eigenvalue weighted by Crippen LogP contribution is 2.28. The summed E-state index contributed by atoms with van der Waals surface area (Å²) in [4.78, 5) is 40.6. The molecule has 0 spiro atoms. The van der Waals surface area contributed by atoms with E-state index in [1.807, 2.05) is 13.8 Å². The molecule has 2 heterocycles. The van der Waals surface area contributed by atoms with Crippen LogP contribution in [-0.2, 0) is 16.1 Å². The lowest BCUT2D eigenvalue weighted by molar-refractivity contribution is -0.174. The molecule has 0 aliphatic carbocycles. The highest BCUT2D eigenvalue weighted by Gasteiger charge is 2.45. The molecular formula is C23H23F3N4O3. The summed E-state index contributed by atoms with van der Waals surface area (Å²) in [6.45, 7) is 5.85. The first kappa shape index (κ1) is 24.0. The van der Waals surface area contributed by atoms with Gasteiger partial charge in [-0.15, -0.1) is 0 Å². The maximum atomic E-state index is 13.3. The number of rotatable bonds is 6. The Morgan fingerprint density at radius 3 is 2.36 bits per heavy atom. The number of Topliss-reactive ketones (excluding diaryl/α,β-unsaturated/α-hetero) is 1. The largest absolute Gasteiger partial charge is 0.452 e. The maximum Gasteiger partial charge on any atom is 0.452 e. The summed E-state index contributed by atoms with van der Waals surface area (Å²) >= 11 is 0. The van der Waals surface area contributed by atoms with Gasteiger partial charge in [-0.3, -0.25) is 14.4 Å². The molecule has 10 heteroatoms. The van der Waals surface area contributed by atoms with Crippen molar-refractivity contribution in [3.8, 4) is 6.07 Å². The Hall–Kier alpha value is -3.61. The van der Waals surface area contributed by atoms with E-state index in [0.717, 1.165) is 0 Å². The molecule has 2 N–H and O–H groups in total. The SMILES string of the molecule is CC(C)c1cc2c([nH]c3c(C#N)cccc32)c(=O)n1CC(=O)NC(C(=O)C(F)(F)F)C(C)C. The number of amides is 1. The molecule has 1 amide bonds. The normalized spacial score (nSPS) is 13.0. The number of nitrogens with one attached hydrogen (secondary N) is 2. The predicted molar refractivity (Wildman–Crippen MR) is 117 cm³/mol. The Bertz CT molecular complexity index is 1340. The fourth-order valence-corrected chi connectivity index (χ4v) is 3.84. The van der Waals surface area contributed by atoms with Crippen LogP contribution >= 0.6 is 0 Å². The highest BCUT2D eigenvalue weighted by molar-refractivity contribution is 6.08. The molecule has 0 bridgehead atoms. The zero-order chi connectivity index (χ0) is 24.7. The third kappa shape index (κ3) is 4.49. The fourth-order valence-electron chi connectivity index (χ4n) is 3.84. The molecule has 1 atom stereocenters. The van der Waals surface area contributed by atoms with E-state index in [4.69, 9.17) is 0 Å². The van der Waals surface area contributed by atoms with Gasteiger partial charge in [-0.1, -0.05) is 39.8 Å². The lowest BCUT2D eigenvalue weighted by atomic mass is 9.99. The van der Waals surface area contributed by atoms with Crippen molar-refractivity contribution >= 4 is 33.5 Å². The molecule has 0 aliphatic rings. The van der Waals surface area contributed by atoms with E-state index in [-0.39, 0.29) is 11.4 Å². The number of H-pyrrole nitrogens is 1.